The molecule has 0 aromatic carbocycles. The molecule has 0 aliphatic rings. The highest BCUT2D eigenvalue weighted by Gasteiger charge is 2.03. The molecule has 0 aromatic rings. The summed E-state index contributed by atoms with van der Waals surface area (Å²) in [6.07, 6.45) is 7.00. The van der Waals surface area contributed by atoms with Crippen molar-refractivity contribution >= 4 is 0 Å². The van der Waals surface area contributed by atoms with E-state index in [9.17, 15) is 0 Å². The molecule has 0 fully saturated rings. The highest BCUT2D eigenvalue weighted by Crippen LogP contribution is 2.16. The molecule has 1 atom stereocenters. The minimum Gasteiger partial charge on any atom is -0.309 e. The highest BCUT2D eigenvalue weighted by molar-refractivity contribution is 4.56. The molecule has 0 amide bonds. The molecule has 0 spiro atoms. The van der Waals surface area contributed by atoms with Crippen LogP contribution in [0.4, 0.5) is 0 Å². The zero-order chi connectivity index (χ0) is 11.0. The van der Waals surface area contributed by atoms with Crippen molar-refractivity contribution in [1.82, 2.24) is 4.90 Å². The molecule has 0 radical (unpaired) electrons. The van der Waals surface area contributed by atoms with Crippen molar-refractivity contribution in [3.05, 3.63) is 0 Å². The normalized spacial score (nSPS) is 13.9. The van der Waals surface area contributed by atoms with E-state index in [0.29, 0.717) is 0 Å². The summed E-state index contributed by atoms with van der Waals surface area (Å²) in [6, 6.07) is 0. The van der Waals surface area contributed by atoms with Gasteiger partial charge in [-0.1, -0.05) is 40.0 Å². The first-order valence-corrected chi connectivity index (χ1v) is 6.17. The molecule has 1 unspecified atom stereocenters. The Morgan fingerprint density at radius 1 is 0.857 bits per heavy atom. The Kier molecular flexibility index (Phi) is 8.26. The second-order valence-electron chi connectivity index (χ2n) is 5.38. The summed E-state index contributed by atoms with van der Waals surface area (Å²) in [5, 5.41) is 0. The quantitative estimate of drug-likeness (QED) is 0.575. The van der Waals surface area contributed by atoms with Crippen LogP contribution in [0.2, 0.25) is 0 Å². The monoisotopic (exact) mass is 199 g/mol. The van der Waals surface area contributed by atoms with Crippen LogP contribution in [0, 0.1) is 11.8 Å². The summed E-state index contributed by atoms with van der Waals surface area (Å²) >= 11 is 0. The Labute approximate surface area is 90.9 Å². The van der Waals surface area contributed by atoms with Gasteiger partial charge in [0.25, 0.3) is 0 Å². The Hall–Kier alpha value is -0.0400. The second-order valence-corrected chi connectivity index (χ2v) is 5.38. The lowest BCUT2D eigenvalue weighted by Crippen LogP contribution is -2.13. The van der Waals surface area contributed by atoms with E-state index in [1.54, 1.807) is 0 Å². The van der Waals surface area contributed by atoms with Crippen molar-refractivity contribution in [2.24, 2.45) is 11.8 Å². The third-order valence-electron chi connectivity index (χ3n) is 2.78. The summed E-state index contributed by atoms with van der Waals surface area (Å²) in [7, 11) is 4.31. The molecule has 1 heteroatoms. The molecular formula is C13H29N. The maximum absolute atomic E-state index is 2.40. The van der Waals surface area contributed by atoms with Crippen molar-refractivity contribution in [1.29, 1.82) is 0 Å². The molecule has 0 N–H and O–H groups in total. The van der Waals surface area contributed by atoms with Gasteiger partial charge in [-0.05, 0) is 45.3 Å². The zero-order valence-corrected chi connectivity index (χ0v) is 10.8. The first-order chi connectivity index (χ1) is 6.52. The van der Waals surface area contributed by atoms with Crippen molar-refractivity contribution in [2.75, 3.05) is 20.6 Å². The molecule has 0 aliphatic heterocycles. The molecule has 0 bridgehead atoms. The second kappa shape index (κ2) is 8.28. The van der Waals surface area contributed by atoms with E-state index in [2.05, 4.69) is 39.8 Å². The summed E-state index contributed by atoms with van der Waals surface area (Å²) in [4.78, 5) is 2.28. The number of hydrogen-bond acceptors (Lipinski definition) is 1. The molecule has 14 heavy (non-hydrogen) atoms. The number of hydrogen-bond donors (Lipinski definition) is 0. The van der Waals surface area contributed by atoms with Crippen LogP contribution < -0.4 is 0 Å². The van der Waals surface area contributed by atoms with Gasteiger partial charge < -0.3 is 4.90 Å². The minimum absolute atomic E-state index is 0.879. The van der Waals surface area contributed by atoms with Gasteiger partial charge in [-0.25, -0.2) is 0 Å². The molecule has 0 aliphatic carbocycles. The zero-order valence-electron chi connectivity index (χ0n) is 10.8. The molecule has 0 saturated carbocycles. The predicted molar refractivity (Wildman–Crippen MR) is 65.6 cm³/mol. The van der Waals surface area contributed by atoms with E-state index >= 15 is 0 Å². The molecule has 0 rings (SSSR count). The summed E-state index contributed by atoms with van der Waals surface area (Å²) in [5.41, 5.74) is 0. The Morgan fingerprint density at radius 3 is 1.93 bits per heavy atom. The SMILES string of the molecule is CC(C)CCCC(C)CCCN(C)C. The summed E-state index contributed by atoms with van der Waals surface area (Å²) in [5.74, 6) is 1.80. The molecule has 1 nitrogen and oxygen atoms in total. The van der Waals surface area contributed by atoms with Crippen molar-refractivity contribution in [2.45, 2.75) is 52.9 Å². The van der Waals surface area contributed by atoms with E-state index in [-0.39, 0.29) is 0 Å². The van der Waals surface area contributed by atoms with Gasteiger partial charge in [-0.3, -0.25) is 0 Å². The van der Waals surface area contributed by atoms with Crippen LogP contribution in [-0.2, 0) is 0 Å². The fourth-order valence-electron chi connectivity index (χ4n) is 1.77. The van der Waals surface area contributed by atoms with Gasteiger partial charge in [0, 0.05) is 0 Å². The number of rotatable bonds is 8. The van der Waals surface area contributed by atoms with Gasteiger partial charge in [0.05, 0.1) is 0 Å². The van der Waals surface area contributed by atoms with Crippen molar-refractivity contribution < 1.29 is 0 Å². The fourth-order valence-corrected chi connectivity index (χ4v) is 1.77. The first kappa shape index (κ1) is 14.0. The Morgan fingerprint density at radius 2 is 1.43 bits per heavy atom. The van der Waals surface area contributed by atoms with Crippen LogP contribution >= 0.6 is 0 Å². The van der Waals surface area contributed by atoms with Crippen LogP contribution in [0.5, 0.6) is 0 Å². The van der Waals surface area contributed by atoms with Crippen LogP contribution in [-0.4, -0.2) is 25.5 Å². The smallest absolute Gasteiger partial charge is 0.00247 e. The summed E-state index contributed by atoms with van der Waals surface area (Å²) < 4.78 is 0. The van der Waals surface area contributed by atoms with Crippen LogP contribution in [0.1, 0.15) is 52.9 Å². The van der Waals surface area contributed by atoms with Crippen LogP contribution in [0.3, 0.4) is 0 Å². The summed E-state index contributed by atoms with van der Waals surface area (Å²) in [6.45, 7) is 8.28. The average molecular weight is 199 g/mol. The van der Waals surface area contributed by atoms with E-state index in [1.165, 1.54) is 38.6 Å². The van der Waals surface area contributed by atoms with Gasteiger partial charge in [0.1, 0.15) is 0 Å². The van der Waals surface area contributed by atoms with E-state index in [0.717, 1.165) is 11.8 Å². The standard InChI is InChI=1S/C13H29N/c1-12(2)8-6-9-13(3)10-7-11-14(4)5/h12-13H,6-11H2,1-5H3. The van der Waals surface area contributed by atoms with Crippen LogP contribution in [0.15, 0.2) is 0 Å². The van der Waals surface area contributed by atoms with E-state index in [1.807, 2.05) is 0 Å². The average Bonchev–Trinajstić information content (AvgIpc) is 2.02. The highest BCUT2D eigenvalue weighted by atomic mass is 15.0. The van der Waals surface area contributed by atoms with Gasteiger partial charge >= 0.3 is 0 Å². The fraction of sp³-hybridized carbons (Fsp3) is 1.00. The minimum atomic E-state index is 0.879. The molecular weight excluding hydrogens is 170 g/mol. The maximum Gasteiger partial charge on any atom is -0.00247 e. The Bertz CT molecular complexity index is 104. The molecule has 0 saturated heterocycles. The largest absolute Gasteiger partial charge is 0.309 e. The van der Waals surface area contributed by atoms with Gasteiger partial charge in [0.15, 0.2) is 0 Å². The van der Waals surface area contributed by atoms with E-state index in [4.69, 9.17) is 0 Å². The predicted octanol–water partition coefficient (Wildman–Crippen LogP) is 3.79. The third kappa shape index (κ3) is 10.0. The molecule has 0 heterocycles. The van der Waals surface area contributed by atoms with Crippen molar-refractivity contribution in [3.8, 4) is 0 Å². The van der Waals surface area contributed by atoms with Gasteiger partial charge in [-0.15, -0.1) is 0 Å². The number of nitrogens with zero attached hydrogens (tertiary/aromatic N) is 1. The third-order valence-corrected chi connectivity index (χ3v) is 2.78. The first-order valence-electron chi connectivity index (χ1n) is 6.17. The lowest BCUT2D eigenvalue weighted by atomic mass is 9.96. The molecule has 0 aromatic heterocycles. The topological polar surface area (TPSA) is 3.24 Å². The van der Waals surface area contributed by atoms with Gasteiger partial charge in [0.2, 0.25) is 0 Å². The lowest BCUT2D eigenvalue weighted by molar-refractivity contribution is 0.359. The van der Waals surface area contributed by atoms with Crippen molar-refractivity contribution in [3.63, 3.8) is 0 Å². The van der Waals surface area contributed by atoms with Crippen LogP contribution in [0.25, 0.3) is 0 Å². The lowest BCUT2D eigenvalue weighted by Gasteiger charge is -2.14. The van der Waals surface area contributed by atoms with Gasteiger partial charge in [-0.2, -0.15) is 0 Å². The Balaban J connectivity index is 3.23. The van der Waals surface area contributed by atoms with E-state index < -0.39 is 0 Å². The maximum atomic E-state index is 2.40. The molecule has 86 valence electrons.